The average molecular weight is 839 g/mol. The molecule has 0 bridgehead atoms. The third-order valence-corrected chi connectivity index (χ3v) is 11.0. The Kier molecular flexibility index (Phi) is 6.97. The fraction of sp³-hybridized carbons (Fsp3) is 0.0847. The van der Waals surface area contributed by atoms with Crippen molar-refractivity contribution in [3.05, 3.63) is 224 Å². The quantitative estimate of drug-likeness (QED) is 0.107. The van der Waals surface area contributed by atoms with E-state index in [1.54, 1.807) is 45.7 Å². The van der Waals surface area contributed by atoms with Crippen LogP contribution in [0.4, 0.5) is 0 Å². The maximum Gasteiger partial charge on any atom is 0.269 e. The Morgan fingerprint density at radius 1 is 0.594 bits per heavy atom. The van der Waals surface area contributed by atoms with Gasteiger partial charge in [-0.3, -0.25) is 13.7 Å². The molecule has 0 unspecified atom stereocenters. The molecule has 5 nitrogen and oxygen atoms in total. The molecule has 3 heterocycles. The van der Waals surface area contributed by atoms with Gasteiger partial charge in [0.25, 0.3) is 6.33 Å². The molecule has 0 radical (unpaired) electrons. The highest BCUT2D eigenvalue weighted by atomic mass is 16.5. The van der Waals surface area contributed by atoms with Crippen molar-refractivity contribution in [3.8, 4) is 62.1 Å². The molecule has 3 aromatic heterocycles. The van der Waals surface area contributed by atoms with Gasteiger partial charge in [-0.2, -0.15) is 0 Å². The summed E-state index contributed by atoms with van der Waals surface area (Å²) in [6.07, 6.45) is 3.48. The van der Waals surface area contributed by atoms with E-state index >= 15 is 0 Å². The molecule has 0 amide bonds. The number of fused-ring (bicyclic) bond motifs is 4. The Bertz CT molecular complexity index is 4040. The van der Waals surface area contributed by atoms with Crippen LogP contribution >= 0.6 is 0 Å². The first-order valence-corrected chi connectivity index (χ1v) is 20.9. The van der Waals surface area contributed by atoms with E-state index in [4.69, 9.17) is 26.2 Å². The van der Waals surface area contributed by atoms with Crippen LogP contribution in [0, 0.1) is 11.7 Å². The number of imidazole rings is 1. The molecule has 0 spiro atoms. The summed E-state index contributed by atoms with van der Waals surface area (Å²) in [5.74, 6) is 1.52. The molecule has 11 rings (SSSR count). The van der Waals surface area contributed by atoms with Crippen molar-refractivity contribution in [1.29, 1.82) is 0 Å². The molecule has 0 aliphatic rings. The lowest BCUT2D eigenvalue weighted by atomic mass is 9.88. The number of hydrogen-bond acceptors (Lipinski definition) is 2. The standard InChI is InChI=1S/C59H46N4O/c1-59(2,3)39-41-33-34-60-57(35-41)63-53-28-14-13-25-51(53)52-31-30-48(38-55(52)63)64-47-24-15-23-46(37-47)61-40-62(56-36-45(29-32-54(56)61)42-17-7-4-8-18-42)58-49(43-19-9-5-10-20-43)26-16-27-50(58)44-21-11-6-12-22-44/h4-38H,39H2,1-3H3/i5D,6D,9D,10D,11D,12D,19D,20D,21D,22D,39D2. The third-order valence-electron chi connectivity index (χ3n) is 11.0. The predicted octanol–water partition coefficient (Wildman–Crippen LogP) is 14.6. The number of benzene rings is 8. The fourth-order valence-electron chi connectivity index (χ4n) is 8.37. The first-order valence-electron chi connectivity index (χ1n) is 26.9. The van der Waals surface area contributed by atoms with Gasteiger partial charge in [0.1, 0.15) is 17.3 Å². The summed E-state index contributed by atoms with van der Waals surface area (Å²) < 4.78 is 118. The van der Waals surface area contributed by atoms with Crippen LogP contribution in [0.15, 0.2) is 212 Å². The summed E-state index contributed by atoms with van der Waals surface area (Å²) >= 11 is 0. The van der Waals surface area contributed by atoms with Gasteiger partial charge in [0, 0.05) is 25.8 Å². The van der Waals surface area contributed by atoms with Crippen LogP contribution in [-0.4, -0.2) is 14.1 Å². The summed E-state index contributed by atoms with van der Waals surface area (Å²) in [7, 11) is 0. The lowest BCUT2D eigenvalue weighted by Gasteiger charge is -2.18. The highest BCUT2D eigenvalue weighted by Gasteiger charge is 2.21. The number of aromatic nitrogens is 4. The summed E-state index contributed by atoms with van der Waals surface area (Å²) in [6, 6.07) is 39.5. The zero-order valence-electron chi connectivity index (χ0n) is 47.1. The van der Waals surface area contributed by atoms with Gasteiger partial charge in [-0.15, -0.1) is 0 Å². The van der Waals surface area contributed by atoms with Crippen molar-refractivity contribution in [1.82, 2.24) is 14.1 Å². The van der Waals surface area contributed by atoms with E-state index in [0.29, 0.717) is 39.6 Å². The van der Waals surface area contributed by atoms with Crippen LogP contribution in [0.25, 0.3) is 83.4 Å². The number of rotatable bonds is 9. The number of nitrogens with zero attached hydrogens (tertiary/aromatic N) is 4. The lowest BCUT2D eigenvalue weighted by Crippen LogP contribution is -2.31. The molecule has 0 fully saturated rings. The van der Waals surface area contributed by atoms with E-state index in [0.717, 1.165) is 32.9 Å². The smallest absolute Gasteiger partial charge is 0.269 e. The topological polar surface area (TPSA) is 35.9 Å². The zero-order chi connectivity index (χ0) is 53.7. The Morgan fingerprint density at radius 2 is 1.28 bits per heavy atom. The molecule has 0 saturated heterocycles. The maximum atomic E-state index is 9.14. The molecule has 8 aromatic carbocycles. The van der Waals surface area contributed by atoms with Gasteiger partial charge in [0.15, 0.2) is 0 Å². The van der Waals surface area contributed by atoms with Crippen LogP contribution in [0.2, 0.25) is 0 Å². The minimum Gasteiger partial charge on any atom is -0.458 e. The van der Waals surface area contributed by atoms with Crippen molar-refractivity contribution in [2.45, 2.75) is 27.1 Å². The second-order valence-electron chi connectivity index (χ2n) is 16.5. The molecule has 0 atom stereocenters. The van der Waals surface area contributed by atoms with Crippen LogP contribution in [0.1, 0.15) is 42.8 Å². The van der Waals surface area contributed by atoms with Crippen molar-refractivity contribution in [2.75, 3.05) is 0 Å². The van der Waals surface area contributed by atoms with Crippen molar-refractivity contribution < 1.29 is 25.8 Å². The highest BCUT2D eigenvalue weighted by Crippen LogP contribution is 2.38. The van der Waals surface area contributed by atoms with Crippen LogP contribution in [0.3, 0.4) is 0 Å². The van der Waals surface area contributed by atoms with Crippen LogP contribution < -0.4 is 9.30 Å². The maximum absolute atomic E-state index is 9.14. The number of ether oxygens (including phenoxy) is 1. The van der Waals surface area contributed by atoms with Gasteiger partial charge in [0.05, 0.1) is 47.1 Å². The second-order valence-corrected chi connectivity index (χ2v) is 16.5. The van der Waals surface area contributed by atoms with Gasteiger partial charge < -0.3 is 4.74 Å². The Hall–Kier alpha value is -8.02. The molecule has 11 aromatic rings. The van der Waals surface area contributed by atoms with Gasteiger partial charge >= 0.3 is 0 Å². The van der Waals surface area contributed by atoms with Crippen molar-refractivity contribution in [3.63, 3.8) is 0 Å². The molecule has 0 aliphatic heterocycles. The Labute approximate surface area is 390 Å². The normalized spacial score (nSPS) is 14.6. The van der Waals surface area contributed by atoms with Gasteiger partial charge in [0.2, 0.25) is 0 Å². The highest BCUT2D eigenvalue weighted by molar-refractivity contribution is 6.09. The number of para-hydroxylation sites is 2. The van der Waals surface area contributed by atoms with E-state index in [2.05, 4.69) is 6.33 Å². The van der Waals surface area contributed by atoms with Gasteiger partial charge in [-0.1, -0.05) is 166 Å². The lowest BCUT2D eigenvalue weighted by molar-refractivity contribution is -0.571. The molecule has 0 N–H and O–H groups in total. The average Bonchev–Trinajstić information content (AvgIpc) is 3.99. The van der Waals surface area contributed by atoms with Crippen LogP contribution in [0.5, 0.6) is 11.5 Å². The van der Waals surface area contributed by atoms with Crippen molar-refractivity contribution in [2.24, 2.45) is 5.41 Å². The Balaban J connectivity index is 1.11. The number of pyridine rings is 1. The van der Waals surface area contributed by atoms with Crippen LogP contribution in [-0.2, 0) is 6.37 Å². The van der Waals surface area contributed by atoms with E-state index < -0.39 is 72.2 Å². The summed E-state index contributed by atoms with van der Waals surface area (Å²) in [6.45, 7) is 5.63. The summed E-state index contributed by atoms with van der Waals surface area (Å²) in [5, 5.41) is 1.93. The minimum atomic E-state index is -1.66. The summed E-state index contributed by atoms with van der Waals surface area (Å²) in [4.78, 5) is 4.75. The molecule has 0 saturated carbocycles. The Morgan fingerprint density at radius 3 is 2.03 bits per heavy atom. The fourth-order valence-corrected chi connectivity index (χ4v) is 8.37. The predicted molar refractivity (Wildman–Crippen MR) is 262 cm³/mol. The monoisotopic (exact) mass is 838 g/mol. The molecule has 64 heavy (non-hydrogen) atoms. The molecule has 0 aliphatic carbocycles. The van der Waals surface area contributed by atoms with Gasteiger partial charge in [-0.05, 0) is 105 Å². The molecule has 5 heteroatoms. The minimum absolute atomic E-state index is 0.131. The largest absolute Gasteiger partial charge is 0.458 e. The second kappa shape index (κ2) is 16.0. The zero-order valence-corrected chi connectivity index (χ0v) is 35.1. The number of hydrogen-bond donors (Lipinski definition) is 0. The molecule has 308 valence electrons. The molecular formula is C59H46N4O. The van der Waals surface area contributed by atoms with E-state index in [1.807, 2.05) is 141 Å². The van der Waals surface area contributed by atoms with E-state index in [9.17, 15) is 0 Å². The first-order chi connectivity index (χ1) is 36.3. The first kappa shape index (κ1) is 27.8. The summed E-state index contributed by atoms with van der Waals surface area (Å²) in [5.41, 5.74) is 5.01. The molecular weight excluding hydrogens is 781 g/mol. The van der Waals surface area contributed by atoms with E-state index in [-0.39, 0.29) is 27.9 Å². The van der Waals surface area contributed by atoms with Gasteiger partial charge in [-0.25, -0.2) is 4.98 Å². The SMILES string of the molecule is [2H]c1c([2H])c([2H])c(-c2cccc(-c3c([2H])c([2H])c([2H])c([2H])c3[2H])c2-[n+]2[c-]n(-c3cccc(Oc4ccc5c6ccccc6n(-c6cc(C([2H])([2H])C(C)(C)C)ccn6)c5c4)c3)c3ccc(-c4ccccc4)cc32)c([2H])c1[2H]. The van der Waals surface area contributed by atoms with E-state index in [1.165, 1.54) is 0 Å². The van der Waals surface area contributed by atoms with Crippen molar-refractivity contribution >= 4 is 32.8 Å². The third kappa shape index (κ3) is 7.31.